The molecule has 0 aromatic heterocycles. The molecule has 2 fully saturated rings. The highest BCUT2D eigenvalue weighted by Gasteiger charge is 2.49. The number of halogens is 1. The maximum Gasteiger partial charge on any atom is 0.338 e. The molecule has 4 amide bonds. The molecule has 1 saturated carbocycles. The molecule has 1 unspecified atom stereocenters. The van der Waals surface area contributed by atoms with Gasteiger partial charge in [0.2, 0.25) is 0 Å². The van der Waals surface area contributed by atoms with Gasteiger partial charge in [-0.25, -0.2) is 14.1 Å². The number of imide groups is 2. The van der Waals surface area contributed by atoms with E-state index in [-0.39, 0.29) is 23.7 Å². The predicted octanol–water partition coefficient (Wildman–Crippen LogP) is 1.61. The number of nitrogens with zero attached hydrogens (tertiary/aromatic N) is 3. The molecule has 1 aliphatic carbocycles. The van der Waals surface area contributed by atoms with Gasteiger partial charge in [-0.3, -0.25) is 19.3 Å². The summed E-state index contributed by atoms with van der Waals surface area (Å²) in [5.41, 5.74) is -0.393. The maximum atomic E-state index is 13.5. The molecule has 0 spiro atoms. The number of Topliss-reactive ketones (excluding diaryl/α,β-unsaturated/α-hetero) is 1. The van der Waals surface area contributed by atoms with Gasteiger partial charge in [0.1, 0.15) is 11.9 Å². The van der Waals surface area contributed by atoms with Crippen molar-refractivity contribution in [3.63, 3.8) is 0 Å². The quantitative estimate of drug-likeness (QED) is 0.774. The zero-order chi connectivity index (χ0) is 18.3. The summed E-state index contributed by atoms with van der Waals surface area (Å²) >= 11 is 0. The van der Waals surface area contributed by atoms with Crippen LogP contribution in [-0.2, 0) is 14.4 Å². The summed E-state index contributed by atoms with van der Waals surface area (Å²) in [7, 11) is 0. The van der Waals surface area contributed by atoms with Gasteiger partial charge in [0, 0.05) is 6.54 Å². The van der Waals surface area contributed by atoms with E-state index in [1.165, 1.54) is 0 Å². The van der Waals surface area contributed by atoms with Crippen LogP contribution < -0.4 is 4.90 Å². The topological polar surface area (TPSA) is 98.6 Å². The number of anilines is 1. The fourth-order valence-electron chi connectivity index (χ4n) is 2.75. The van der Waals surface area contributed by atoms with E-state index >= 15 is 0 Å². The molecule has 1 aliphatic heterocycles. The van der Waals surface area contributed by atoms with Crippen LogP contribution in [0, 0.1) is 29.0 Å². The highest BCUT2D eigenvalue weighted by atomic mass is 19.1. The zero-order valence-electron chi connectivity index (χ0n) is 13.4. The van der Waals surface area contributed by atoms with E-state index in [0.29, 0.717) is 4.90 Å². The van der Waals surface area contributed by atoms with E-state index in [1.54, 1.807) is 6.07 Å². The van der Waals surface area contributed by atoms with Gasteiger partial charge in [-0.05, 0) is 43.9 Å². The van der Waals surface area contributed by atoms with Crippen LogP contribution in [0.2, 0.25) is 0 Å². The Morgan fingerprint density at radius 1 is 1.28 bits per heavy atom. The van der Waals surface area contributed by atoms with Crippen LogP contribution >= 0.6 is 0 Å². The van der Waals surface area contributed by atoms with Crippen molar-refractivity contribution in [2.24, 2.45) is 11.8 Å². The first-order valence-electron chi connectivity index (χ1n) is 7.74. The minimum atomic E-state index is -1.60. The van der Waals surface area contributed by atoms with E-state index in [2.05, 4.69) is 0 Å². The number of ketones is 1. The molecule has 1 saturated heterocycles. The van der Waals surface area contributed by atoms with Crippen LogP contribution in [0.1, 0.15) is 25.3 Å². The van der Waals surface area contributed by atoms with Crippen LogP contribution in [0.15, 0.2) is 18.2 Å². The van der Waals surface area contributed by atoms with Gasteiger partial charge in [-0.1, -0.05) is 0 Å². The summed E-state index contributed by atoms with van der Waals surface area (Å²) in [6.45, 7) is 1.24. The number of carbonyl (C=O) groups is 4. The minimum absolute atomic E-state index is 0.0486. The fraction of sp³-hybridized carbons (Fsp3) is 0.353. The molecular weight excluding hydrogens is 329 g/mol. The lowest BCUT2D eigenvalue weighted by Gasteiger charge is -2.36. The van der Waals surface area contributed by atoms with Gasteiger partial charge in [-0.15, -0.1) is 0 Å². The first kappa shape index (κ1) is 16.8. The average molecular weight is 343 g/mol. The molecule has 1 aromatic carbocycles. The number of hydrogen-bond acceptors (Lipinski definition) is 5. The molecule has 128 valence electrons. The van der Waals surface area contributed by atoms with E-state index < -0.39 is 35.4 Å². The van der Waals surface area contributed by atoms with Crippen molar-refractivity contribution in [1.29, 1.82) is 5.26 Å². The number of carbonyl (C=O) groups excluding carboxylic acids is 4. The SMILES string of the molecule is CC(=O)C1C(=O)N(CC2CC2)C(=O)N(c2ccc(F)c(C#N)c2)C1=O. The Labute approximate surface area is 142 Å². The minimum Gasteiger partial charge on any atom is -0.299 e. The molecule has 25 heavy (non-hydrogen) atoms. The largest absolute Gasteiger partial charge is 0.338 e. The number of nitriles is 1. The van der Waals surface area contributed by atoms with Gasteiger partial charge in [0.25, 0.3) is 11.8 Å². The summed E-state index contributed by atoms with van der Waals surface area (Å²) < 4.78 is 13.5. The third kappa shape index (κ3) is 2.89. The van der Waals surface area contributed by atoms with E-state index in [9.17, 15) is 23.6 Å². The van der Waals surface area contributed by atoms with E-state index in [0.717, 1.165) is 42.9 Å². The Bertz CT molecular complexity index is 841. The van der Waals surface area contributed by atoms with Gasteiger partial charge < -0.3 is 0 Å². The van der Waals surface area contributed by atoms with E-state index in [4.69, 9.17) is 5.26 Å². The summed E-state index contributed by atoms with van der Waals surface area (Å²) in [5, 5.41) is 8.94. The molecule has 7 nitrogen and oxygen atoms in total. The van der Waals surface area contributed by atoms with Crippen molar-refractivity contribution in [1.82, 2.24) is 4.90 Å². The zero-order valence-corrected chi connectivity index (χ0v) is 13.4. The van der Waals surface area contributed by atoms with Crippen molar-refractivity contribution < 1.29 is 23.6 Å². The first-order chi connectivity index (χ1) is 11.8. The van der Waals surface area contributed by atoms with E-state index in [1.807, 2.05) is 0 Å². The molecule has 1 atom stereocenters. The monoisotopic (exact) mass is 343 g/mol. The van der Waals surface area contributed by atoms with Crippen LogP contribution in [0.3, 0.4) is 0 Å². The fourth-order valence-corrected chi connectivity index (χ4v) is 2.75. The molecule has 0 radical (unpaired) electrons. The number of hydrogen-bond donors (Lipinski definition) is 0. The molecule has 2 aliphatic rings. The molecule has 1 aromatic rings. The van der Waals surface area contributed by atoms with Gasteiger partial charge >= 0.3 is 6.03 Å². The van der Waals surface area contributed by atoms with Crippen molar-refractivity contribution in [3.05, 3.63) is 29.6 Å². The first-order valence-corrected chi connectivity index (χ1v) is 7.74. The number of benzene rings is 1. The van der Waals surface area contributed by atoms with Crippen LogP contribution in [0.4, 0.5) is 14.9 Å². The number of amides is 4. The summed E-state index contributed by atoms with van der Waals surface area (Å²) in [6, 6.07) is 3.92. The molecule has 8 heteroatoms. The summed E-state index contributed by atoms with van der Waals surface area (Å²) in [6.07, 6.45) is 1.73. The van der Waals surface area contributed by atoms with Gasteiger partial charge in [0.15, 0.2) is 11.7 Å². The Kier molecular flexibility index (Phi) is 4.08. The van der Waals surface area contributed by atoms with Gasteiger partial charge in [0.05, 0.1) is 11.3 Å². The van der Waals surface area contributed by atoms with Crippen LogP contribution in [-0.4, -0.2) is 35.1 Å². The van der Waals surface area contributed by atoms with Crippen LogP contribution in [0.25, 0.3) is 0 Å². The molecule has 0 bridgehead atoms. The number of urea groups is 1. The molecule has 0 N–H and O–H groups in total. The highest BCUT2D eigenvalue weighted by Crippen LogP contribution is 2.33. The average Bonchev–Trinajstić information content (AvgIpc) is 3.37. The van der Waals surface area contributed by atoms with Crippen LogP contribution in [0.5, 0.6) is 0 Å². The molecular formula is C17H14FN3O4. The van der Waals surface area contributed by atoms with Gasteiger partial charge in [-0.2, -0.15) is 5.26 Å². The maximum absolute atomic E-state index is 13.5. The Balaban J connectivity index is 2.05. The smallest absolute Gasteiger partial charge is 0.299 e. The lowest BCUT2D eigenvalue weighted by atomic mass is 9.98. The lowest BCUT2D eigenvalue weighted by Crippen LogP contribution is -2.62. The standard InChI is InChI=1S/C17H14FN3O4/c1-9(22)14-15(23)20(8-10-2-3-10)17(25)21(16(14)24)12-4-5-13(18)11(6-12)7-19/h4-6,10,14H,2-3,8H2,1H3. The third-order valence-corrected chi connectivity index (χ3v) is 4.28. The summed E-state index contributed by atoms with van der Waals surface area (Å²) in [4.78, 5) is 51.1. The second kappa shape index (κ2) is 6.09. The Hall–Kier alpha value is -3.08. The highest BCUT2D eigenvalue weighted by molar-refractivity contribution is 6.34. The lowest BCUT2D eigenvalue weighted by molar-refractivity contribution is -0.145. The Morgan fingerprint density at radius 3 is 2.52 bits per heavy atom. The molecule has 3 rings (SSSR count). The van der Waals surface area contributed by atoms with Crippen molar-refractivity contribution in [3.8, 4) is 6.07 Å². The second-order valence-electron chi connectivity index (χ2n) is 6.17. The van der Waals surface area contributed by atoms with Crippen molar-refractivity contribution >= 4 is 29.3 Å². The number of rotatable bonds is 4. The second-order valence-corrected chi connectivity index (χ2v) is 6.17. The molecule has 1 heterocycles. The van der Waals surface area contributed by atoms with Crippen molar-refractivity contribution in [2.45, 2.75) is 19.8 Å². The normalized spacial score (nSPS) is 20.7. The third-order valence-electron chi connectivity index (χ3n) is 4.28. The number of barbiturate groups is 1. The summed E-state index contributed by atoms with van der Waals surface area (Å²) in [5.74, 6) is -4.71. The van der Waals surface area contributed by atoms with Crippen molar-refractivity contribution in [2.75, 3.05) is 11.4 Å². The Morgan fingerprint density at radius 2 is 1.96 bits per heavy atom. The predicted molar refractivity (Wildman–Crippen MR) is 82.6 cm³/mol.